The van der Waals surface area contributed by atoms with Gasteiger partial charge in [-0.15, -0.1) is 11.3 Å². The van der Waals surface area contributed by atoms with Crippen molar-refractivity contribution in [3.8, 4) is 0 Å². The molecule has 4 nitrogen and oxygen atoms in total. The summed E-state index contributed by atoms with van der Waals surface area (Å²) in [6.45, 7) is 8.81. The van der Waals surface area contributed by atoms with Crippen LogP contribution in [0.15, 0.2) is 0 Å². The SMILES string of the molecule is CCC1CC(NCCOC)(c2nc(C)c(C)s2)CCO1. The molecular formula is C15H26N2O2S. The van der Waals surface area contributed by atoms with Crippen LogP contribution in [0.25, 0.3) is 0 Å². The molecule has 1 aliphatic rings. The highest BCUT2D eigenvalue weighted by molar-refractivity contribution is 7.11. The molecular weight excluding hydrogens is 272 g/mol. The number of rotatable bonds is 6. The Morgan fingerprint density at radius 3 is 2.90 bits per heavy atom. The smallest absolute Gasteiger partial charge is 0.113 e. The van der Waals surface area contributed by atoms with Crippen LogP contribution in [0.5, 0.6) is 0 Å². The summed E-state index contributed by atoms with van der Waals surface area (Å²) in [6.07, 6.45) is 3.36. The second kappa shape index (κ2) is 6.98. The summed E-state index contributed by atoms with van der Waals surface area (Å²) in [7, 11) is 1.74. The maximum Gasteiger partial charge on any atom is 0.113 e. The molecule has 114 valence electrons. The van der Waals surface area contributed by atoms with Gasteiger partial charge >= 0.3 is 0 Å². The maximum absolute atomic E-state index is 5.85. The first-order chi connectivity index (χ1) is 9.61. The van der Waals surface area contributed by atoms with E-state index < -0.39 is 0 Å². The van der Waals surface area contributed by atoms with Crippen LogP contribution < -0.4 is 5.32 Å². The molecule has 20 heavy (non-hydrogen) atoms. The molecule has 1 fully saturated rings. The number of aryl methyl sites for hydroxylation is 2. The van der Waals surface area contributed by atoms with Gasteiger partial charge in [-0.25, -0.2) is 4.98 Å². The summed E-state index contributed by atoms with van der Waals surface area (Å²) in [5.41, 5.74) is 1.11. The third-order valence-corrected chi connectivity index (χ3v) is 5.40. The molecule has 0 radical (unpaired) electrons. The molecule has 0 amide bonds. The average molecular weight is 298 g/mol. The first-order valence-electron chi connectivity index (χ1n) is 7.41. The minimum atomic E-state index is -0.0405. The van der Waals surface area contributed by atoms with Crippen molar-refractivity contribution in [3.63, 3.8) is 0 Å². The van der Waals surface area contributed by atoms with Crippen molar-refractivity contribution < 1.29 is 9.47 Å². The van der Waals surface area contributed by atoms with Gasteiger partial charge in [-0.05, 0) is 33.1 Å². The third-order valence-electron chi connectivity index (χ3n) is 4.12. The van der Waals surface area contributed by atoms with E-state index in [0.29, 0.717) is 6.10 Å². The first-order valence-corrected chi connectivity index (χ1v) is 8.23. The van der Waals surface area contributed by atoms with E-state index >= 15 is 0 Å². The summed E-state index contributed by atoms with van der Waals surface area (Å²) < 4.78 is 11.0. The number of hydrogen-bond donors (Lipinski definition) is 1. The van der Waals surface area contributed by atoms with Crippen LogP contribution in [0.2, 0.25) is 0 Å². The molecule has 5 heteroatoms. The topological polar surface area (TPSA) is 43.4 Å². The van der Waals surface area contributed by atoms with Gasteiger partial charge in [-0.3, -0.25) is 0 Å². The summed E-state index contributed by atoms with van der Waals surface area (Å²) in [5, 5.41) is 4.91. The van der Waals surface area contributed by atoms with Gasteiger partial charge in [-0.1, -0.05) is 6.92 Å². The van der Waals surface area contributed by atoms with Crippen molar-refractivity contribution >= 4 is 11.3 Å². The van der Waals surface area contributed by atoms with Gasteiger partial charge < -0.3 is 14.8 Å². The molecule has 2 rings (SSSR count). The molecule has 0 bridgehead atoms. The summed E-state index contributed by atoms with van der Waals surface area (Å²) >= 11 is 1.82. The van der Waals surface area contributed by atoms with E-state index in [9.17, 15) is 0 Å². The molecule has 0 aliphatic carbocycles. The van der Waals surface area contributed by atoms with Crippen molar-refractivity contribution in [2.75, 3.05) is 26.9 Å². The monoisotopic (exact) mass is 298 g/mol. The highest BCUT2D eigenvalue weighted by atomic mass is 32.1. The highest BCUT2D eigenvalue weighted by Crippen LogP contribution is 2.38. The molecule has 1 saturated heterocycles. The molecule has 1 aromatic heterocycles. The van der Waals surface area contributed by atoms with Gasteiger partial charge in [0, 0.05) is 25.1 Å². The van der Waals surface area contributed by atoms with Crippen molar-refractivity contribution in [1.82, 2.24) is 10.3 Å². The van der Waals surface area contributed by atoms with E-state index in [1.54, 1.807) is 7.11 Å². The number of nitrogens with zero attached hydrogens (tertiary/aromatic N) is 1. The van der Waals surface area contributed by atoms with Crippen LogP contribution in [0, 0.1) is 13.8 Å². The molecule has 2 atom stereocenters. The van der Waals surface area contributed by atoms with E-state index in [1.165, 1.54) is 9.88 Å². The van der Waals surface area contributed by atoms with Crippen molar-refractivity contribution in [3.05, 3.63) is 15.6 Å². The van der Waals surface area contributed by atoms with Crippen LogP contribution in [-0.4, -0.2) is 38.0 Å². The summed E-state index contributed by atoms with van der Waals surface area (Å²) in [6, 6.07) is 0. The average Bonchev–Trinajstić information content (AvgIpc) is 2.80. The Balaban J connectivity index is 2.22. The number of ether oxygens (including phenoxy) is 2. The maximum atomic E-state index is 5.85. The zero-order valence-electron chi connectivity index (χ0n) is 13.0. The minimum Gasteiger partial charge on any atom is -0.383 e. The lowest BCUT2D eigenvalue weighted by atomic mass is 9.86. The minimum absolute atomic E-state index is 0.0405. The Labute approximate surface area is 125 Å². The Hall–Kier alpha value is -0.490. The molecule has 2 heterocycles. The fraction of sp³-hybridized carbons (Fsp3) is 0.800. The quantitative estimate of drug-likeness (QED) is 0.820. The number of aromatic nitrogens is 1. The second-order valence-corrected chi connectivity index (χ2v) is 6.72. The Morgan fingerprint density at radius 2 is 2.30 bits per heavy atom. The van der Waals surface area contributed by atoms with Gasteiger partial charge in [0.05, 0.1) is 23.9 Å². The first kappa shape index (κ1) is 15.9. The third kappa shape index (κ3) is 3.39. The van der Waals surface area contributed by atoms with Crippen LogP contribution in [0.4, 0.5) is 0 Å². The Bertz CT molecular complexity index is 416. The lowest BCUT2D eigenvalue weighted by Gasteiger charge is -2.40. The molecule has 0 spiro atoms. The normalized spacial score (nSPS) is 26.9. The van der Waals surface area contributed by atoms with Crippen molar-refractivity contribution in [2.45, 2.75) is 51.7 Å². The second-order valence-electron chi connectivity index (χ2n) is 5.52. The molecule has 1 aromatic rings. The number of thiazole rings is 1. The lowest BCUT2D eigenvalue weighted by Crippen LogP contribution is -2.50. The van der Waals surface area contributed by atoms with Crippen LogP contribution in [-0.2, 0) is 15.0 Å². The fourth-order valence-electron chi connectivity index (χ4n) is 2.71. The van der Waals surface area contributed by atoms with Gasteiger partial charge in [0.15, 0.2) is 0 Å². The lowest BCUT2D eigenvalue weighted by molar-refractivity contribution is -0.0336. The van der Waals surface area contributed by atoms with E-state index in [-0.39, 0.29) is 5.54 Å². The van der Waals surface area contributed by atoms with Gasteiger partial charge in [0.25, 0.3) is 0 Å². The van der Waals surface area contributed by atoms with Crippen LogP contribution in [0.3, 0.4) is 0 Å². The fourth-order valence-corrected chi connectivity index (χ4v) is 3.83. The van der Waals surface area contributed by atoms with E-state index in [0.717, 1.165) is 44.7 Å². The van der Waals surface area contributed by atoms with E-state index in [2.05, 4.69) is 26.1 Å². The van der Waals surface area contributed by atoms with Gasteiger partial charge in [0.2, 0.25) is 0 Å². The molecule has 1 N–H and O–H groups in total. The van der Waals surface area contributed by atoms with Gasteiger partial charge in [0.1, 0.15) is 5.01 Å². The van der Waals surface area contributed by atoms with Crippen molar-refractivity contribution in [1.29, 1.82) is 0 Å². The highest BCUT2D eigenvalue weighted by Gasteiger charge is 2.40. The molecule has 1 aliphatic heterocycles. The van der Waals surface area contributed by atoms with Crippen LogP contribution >= 0.6 is 11.3 Å². The predicted molar refractivity (Wildman–Crippen MR) is 82.4 cm³/mol. The van der Waals surface area contributed by atoms with Crippen LogP contribution in [0.1, 0.15) is 41.8 Å². The number of methoxy groups -OCH3 is 1. The Morgan fingerprint density at radius 1 is 1.50 bits per heavy atom. The predicted octanol–water partition coefficient (Wildman–Crippen LogP) is 2.78. The van der Waals surface area contributed by atoms with E-state index in [1.807, 2.05) is 11.3 Å². The zero-order valence-corrected chi connectivity index (χ0v) is 13.8. The Kier molecular flexibility index (Phi) is 5.55. The zero-order chi connectivity index (χ0) is 14.6. The van der Waals surface area contributed by atoms with E-state index in [4.69, 9.17) is 14.5 Å². The number of nitrogens with one attached hydrogen (secondary N) is 1. The molecule has 0 saturated carbocycles. The molecule has 0 aromatic carbocycles. The summed E-state index contributed by atoms with van der Waals surface area (Å²) in [5.74, 6) is 0. The standard InChI is InChI=1S/C15H26N2O2S/c1-5-13-10-15(6-8-19-13,16-7-9-18-4)14-17-11(2)12(3)20-14/h13,16H,5-10H2,1-4H3. The van der Waals surface area contributed by atoms with Crippen molar-refractivity contribution in [2.24, 2.45) is 0 Å². The number of hydrogen-bond acceptors (Lipinski definition) is 5. The largest absolute Gasteiger partial charge is 0.383 e. The molecule has 2 unspecified atom stereocenters. The summed E-state index contributed by atoms with van der Waals surface area (Å²) in [4.78, 5) is 6.13. The van der Waals surface area contributed by atoms with Gasteiger partial charge in [-0.2, -0.15) is 0 Å².